The third kappa shape index (κ3) is 4.63. The Morgan fingerprint density at radius 1 is 1.02 bits per heavy atom. The molecule has 8 nitrogen and oxygen atoms in total. The molecular weight excluding hydrogens is 557 g/mol. The molecule has 1 fully saturated rings. The van der Waals surface area contributed by atoms with Gasteiger partial charge in [-0.25, -0.2) is 4.68 Å². The van der Waals surface area contributed by atoms with E-state index in [0.717, 1.165) is 65.1 Å². The van der Waals surface area contributed by atoms with Crippen molar-refractivity contribution in [1.29, 1.82) is 0 Å². The molecule has 2 aromatic heterocycles. The van der Waals surface area contributed by atoms with E-state index in [4.69, 9.17) is 11.6 Å². The monoisotopic (exact) mass is 587 g/mol. The lowest BCUT2D eigenvalue weighted by atomic mass is 9.91. The van der Waals surface area contributed by atoms with E-state index in [1.807, 2.05) is 16.8 Å². The summed E-state index contributed by atoms with van der Waals surface area (Å²) < 4.78 is 6.61. The molecule has 0 bridgehead atoms. The van der Waals surface area contributed by atoms with Gasteiger partial charge < -0.3 is 9.79 Å². The summed E-state index contributed by atoms with van der Waals surface area (Å²) in [5, 5.41) is 12.0. The second kappa shape index (κ2) is 10.7. The van der Waals surface area contributed by atoms with Crippen LogP contribution in [0.15, 0.2) is 84.7 Å². The summed E-state index contributed by atoms with van der Waals surface area (Å²) >= 11 is 5.71. The molecule has 0 spiro atoms. The first-order valence-electron chi connectivity index (χ1n) is 15.0. The number of nitrogens with one attached hydrogen (secondary N) is 1. The van der Waals surface area contributed by atoms with Crippen molar-refractivity contribution in [2.75, 3.05) is 17.7 Å². The Bertz CT molecular complexity index is 1830. The van der Waals surface area contributed by atoms with Gasteiger partial charge in [-0.1, -0.05) is 54.5 Å². The number of fused-ring (bicyclic) bond motifs is 3. The molecule has 1 aliphatic carbocycles. The highest BCUT2D eigenvalue weighted by molar-refractivity contribution is 6.40. The Morgan fingerprint density at radius 2 is 1.84 bits per heavy atom. The minimum absolute atomic E-state index is 0.0761. The van der Waals surface area contributed by atoms with Gasteiger partial charge in [0, 0.05) is 35.4 Å². The molecule has 2 aromatic carbocycles. The largest absolute Gasteiger partial charge is 0.553 e. The number of rotatable bonds is 5. The minimum Gasteiger partial charge on any atom is -0.329 e. The number of anilines is 1. The van der Waals surface area contributed by atoms with E-state index >= 15 is 0 Å². The van der Waals surface area contributed by atoms with Crippen LogP contribution >= 0.6 is 11.6 Å². The molecule has 5 heterocycles. The summed E-state index contributed by atoms with van der Waals surface area (Å²) in [6.07, 6.45) is 12.5. The zero-order valence-corrected chi connectivity index (χ0v) is 24.5. The highest BCUT2D eigenvalue weighted by Crippen LogP contribution is 2.38. The Hall–Kier alpha value is -4.37. The van der Waals surface area contributed by atoms with Crippen LogP contribution in [-0.4, -0.2) is 60.6 Å². The van der Waals surface area contributed by atoms with Crippen LogP contribution in [0.5, 0.6) is 0 Å². The molecule has 0 saturated heterocycles. The Labute approximate surface area is 256 Å². The molecular formula is C33H31BClN7O+. The number of amides is 1. The third-order valence-electron chi connectivity index (χ3n) is 9.09. The van der Waals surface area contributed by atoms with Crippen molar-refractivity contribution in [2.24, 2.45) is 0 Å². The zero-order valence-electron chi connectivity index (χ0n) is 23.8. The van der Waals surface area contributed by atoms with Crippen molar-refractivity contribution < 1.29 is 9.37 Å². The number of hydrogen-bond donors (Lipinski definition) is 1. The van der Waals surface area contributed by atoms with Gasteiger partial charge in [0.15, 0.2) is 0 Å². The van der Waals surface area contributed by atoms with E-state index < -0.39 is 0 Å². The fourth-order valence-electron chi connectivity index (χ4n) is 6.92. The Balaban J connectivity index is 1.22. The second-order valence-corrected chi connectivity index (χ2v) is 11.9. The third-order valence-corrected chi connectivity index (χ3v) is 9.33. The fraction of sp³-hybridized carbons (Fsp3) is 0.273. The summed E-state index contributed by atoms with van der Waals surface area (Å²) in [6, 6.07) is 21.0. The van der Waals surface area contributed by atoms with E-state index in [0.29, 0.717) is 5.92 Å². The van der Waals surface area contributed by atoms with Crippen molar-refractivity contribution in [2.45, 2.75) is 44.6 Å². The van der Waals surface area contributed by atoms with E-state index in [1.165, 1.54) is 36.8 Å². The smallest absolute Gasteiger partial charge is 0.329 e. The molecule has 4 aromatic rings. The lowest BCUT2D eigenvalue weighted by Gasteiger charge is -2.27. The second-order valence-electron chi connectivity index (χ2n) is 11.7. The molecule has 0 unspecified atom stereocenters. The lowest BCUT2D eigenvalue weighted by molar-refractivity contribution is -0.550. The first kappa shape index (κ1) is 26.3. The van der Waals surface area contributed by atoms with E-state index in [1.54, 1.807) is 0 Å². The fourth-order valence-corrected chi connectivity index (χ4v) is 6.98. The maximum absolute atomic E-state index is 11.9. The van der Waals surface area contributed by atoms with Gasteiger partial charge in [-0.3, -0.25) is 14.2 Å². The van der Waals surface area contributed by atoms with Crippen LogP contribution in [0.2, 0.25) is 0 Å². The van der Waals surface area contributed by atoms with Crippen LogP contribution in [0.1, 0.15) is 59.7 Å². The topological polar surface area (TPSA) is 71.0 Å². The summed E-state index contributed by atoms with van der Waals surface area (Å²) in [5.74, 6) is 2.30. The van der Waals surface area contributed by atoms with Gasteiger partial charge in [-0.2, -0.15) is 0 Å². The highest BCUT2D eigenvalue weighted by atomic mass is 35.5. The molecule has 1 saturated carbocycles. The number of nitrogens with zero attached hydrogens (tertiary/aromatic N) is 6. The molecule has 1 N–H and O–H groups in total. The molecule has 0 atom stereocenters. The zero-order chi connectivity index (χ0) is 28.9. The van der Waals surface area contributed by atoms with Gasteiger partial charge in [0.05, 0.1) is 18.4 Å². The van der Waals surface area contributed by atoms with Crippen LogP contribution in [0.25, 0.3) is 11.4 Å². The molecule has 213 valence electrons. The van der Waals surface area contributed by atoms with E-state index in [9.17, 15) is 4.79 Å². The van der Waals surface area contributed by atoms with Crippen molar-refractivity contribution in [3.05, 3.63) is 113 Å². The predicted molar refractivity (Wildman–Crippen MR) is 168 cm³/mol. The molecule has 1 radical (unpaired) electrons. The van der Waals surface area contributed by atoms with Gasteiger partial charge >= 0.3 is 7.55 Å². The van der Waals surface area contributed by atoms with Crippen molar-refractivity contribution in [3.8, 4) is 5.82 Å². The van der Waals surface area contributed by atoms with E-state index in [2.05, 4.69) is 104 Å². The number of benzene rings is 2. The Kier molecular flexibility index (Phi) is 6.55. The number of allylic oxidation sites excluding steroid dienone is 1. The van der Waals surface area contributed by atoms with E-state index in [-0.39, 0.29) is 11.8 Å². The maximum atomic E-state index is 11.9. The van der Waals surface area contributed by atoms with Crippen molar-refractivity contribution >= 4 is 42.2 Å². The number of carbonyl (C=O) groups excluding carboxylic acids is 1. The van der Waals surface area contributed by atoms with Crippen LogP contribution in [0.4, 0.5) is 5.69 Å². The van der Waals surface area contributed by atoms with Gasteiger partial charge in [-0.05, 0) is 59.9 Å². The normalized spacial score (nSPS) is 19.3. The minimum atomic E-state index is -0.223. The molecule has 43 heavy (non-hydrogen) atoms. The average molecular weight is 588 g/mol. The van der Waals surface area contributed by atoms with Crippen LogP contribution < -0.4 is 5.32 Å². The van der Waals surface area contributed by atoms with Gasteiger partial charge in [-0.15, -0.1) is 16.7 Å². The molecule has 4 aliphatic rings. The van der Waals surface area contributed by atoms with Crippen molar-refractivity contribution in [1.82, 2.24) is 24.3 Å². The van der Waals surface area contributed by atoms with Crippen molar-refractivity contribution in [3.63, 3.8) is 0 Å². The number of aromatic nitrogens is 4. The number of halogens is 1. The van der Waals surface area contributed by atoms with Gasteiger partial charge in [0.1, 0.15) is 23.9 Å². The SMILES string of the molecule is O=C(CCl)Nc1ccc(C2=C3C=CC(=[N+]4CCc5ccccc5C4)N3[B]n3c2ccc3-n2cc(C3CCCC3)nn2)cc1. The summed E-state index contributed by atoms with van der Waals surface area (Å²) in [6.45, 7) is 1.83. The lowest BCUT2D eigenvalue weighted by Crippen LogP contribution is -2.43. The number of carbonyl (C=O) groups is 1. The van der Waals surface area contributed by atoms with Gasteiger partial charge in [0.2, 0.25) is 5.91 Å². The summed E-state index contributed by atoms with van der Waals surface area (Å²) in [4.78, 5) is 14.2. The van der Waals surface area contributed by atoms with Crippen LogP contribution in [0, 0.1) is 0 Å². The average Bonchev–Trinajstić information content (AvgIpc) is 3.86. The molecule has 10 heteroatoms. The predicted octanol–water partition coefficient (Wildman–Crippen LogP) is 5.10. The first-order chi connectivity index (χ1) is 21.2. The van der Waals surface area contributed by atoms with Crippen LogP contribution in [0.3, 0.4) is 0 Å². The summed E-state index contributed by atoms with van der Waals surface area (Å²) in [5.41, 5.74) is 8.98. The highest BCUT2D eigenvalue weighted by Gasteiger charge is 2.41. The molecule has 3 aliphatic heterocycles. The summed E-state index contributed by atoms with van der Waals surface area (Å²) in [7, 11) is 2.19. The Morgan fingerprint density at radius 3 is 2.65 bits per heavy atom. The number of alkyl halides is 1. The maximum Gasteiger partial charge on any atom is 0.553 e. The quantitative estimate of drug-likeness (QED) is 0.200. The first-order valence-corrected chi connectivity index (χ1v) is 15.6. The number of amidine groups is 1. The standard InChI is InChI=1S/C33H30BClN7O/c35-19-30(43)36-26-11-9-24(10-12-26)33-28-13-15-31(39-18-17-22-5-1-4-8-25(22)20-39)41(28)34-42-29(33)14-16-32(42)40-21-27(37-38-40)23-6-2-3-7-23/h1,4-5,8-16,21,23H,2-3,6-7,17-20H2/p+1. The number of hydrogen-bond acceptors (Lipinski definition) is 3. The molecule has 1 amide bonds. The molecule has 8 rings (SSSR count). The van der Waals surface area contributed by atoms with Crippen LogP contribution in [-0.2, 0) is 17.8 Å². The van der Waals surface area contributed by atoms with Gasteiger partial charge in [0.25, 0.3) is 5.84 Å².